The van der Waals surface area contributed by atoms with Gasteiger partial charge in [-0.05, 0) is 30.3 Å². The van der Waals surface area contributed by atoms with E-state index in [1.807, 2.05) is 0 Å². The second-order valence-electron chi connectivity index (χ2n) is 4.71. The lowest BCUT2D eigenvalue weighted by molar-refractivity contribution is 0.101. The Hall–Kier alpha value is -2.86. The van der Waals surface area contributed by atoms with Gasteiger partial charge < -0.3 is 14.9 Å². The van der Waals surface area contributed by atoms with Crippen LogP contribution in [0.5, 0.6) is 5.75 Å². The quantitative estimate of drug-likeness (QED) is 0.757. The molecule has 0 bridgehead atoms. The lowest BCUT2D eigenvalue weighted by Crippen LogP contribution is -2.13. The molecule has 0 saturated carbocycles. The predicted molar refractivity (Wildman–Crippen MR) is 83.0 cm³/mol. The summed E-state index contributed by atoms with van der Waals surface area (Å²) in [5, 5.41) is 15.8. The number of carbonyl (C=O) groups is 1. The lowest BCUT2D eigenvalue weighted by Gasteiger charge is -2.04. The summed E-state index contributed by atoms with van der Waals surface area (Å²) in [6.45, 7) is 0. The number of benzene rings is 2. The van der Waals surface area contributed by atoms with Crippen molar-refractivity contribution in [2.75, 3.05) is 5.32 Å². The minimum absolute atomic E-state index is 0.0253. The molecular weight excluding hydrogens is 323 g/mol. The van der Waals surface area contributed by atoms with E-state index in [4.69, 9.17) is 16.1 Å². The van der Waals surface area contributed by atoms with Gasteiger partial charge in [0, 0.05) is 16.7 Å². The summed E-state index contributed by atoms with van der Waals surface area (Å²) in [6.07, 6.45) is 0. The van der Waals surface area contributed by atoms with Gasteiger partial charge in [-0.25, -0.2) is 4.39 Å². The Kier molecular flexibility index (Phi) is 3.99. The average Bonchev–Trinajstić information content (AvgIpc) is 3.01. The van der Waals surface area contributed by atoms with Crippen LogP contribution in [-0.2, 0) is 0 Å². The number of aromatic hydroxyl groups is 1. The number of aromatic nitrogens is 1. The van der Waals surface area contributed by atoms with Crippen molar-refractivity contribution in [1.29, 1.82) is 0 Å². The zero-order valence-corrected chi connectivity index (χ0v) is 12.3. The van der Waals surface area contributed by atoms with E-state index in [9.17, 15) is 14.3 Å². The largest absolute Gasteiger partial charge is 0.508 e. The van der Waals surface area contributed by atoms with Gasteiger partial charge in [-0.3, -0.25) is 4.79 Å². The number of anilines is 1. The maximum Gasteiger partial charge on any atom is 0.277 e. The molecule has 116 valence electrons. The number of phenols is 1. The lowest BCUT2D eigenvalue weighted by atomic mass is 10.1. The van der Waals surface area contributed by atoms with Gasteiger partial charge in [-0.2, -0.15) is 0 Å². The highest BCUT2D eigenvalue weighted by atomic mass is 35.5. The molecule has 5 nitrogen and oxygen atoms in total. The summed E-state index contributed by atoms with van der Waals surface area (Å²) in [4.78, 5) is 12.1. The van der Waals surface area contributed by atoms with Gasteiger partial charge in [-0.15, -0.1) is 0 Å². The van der Waals surface area contributed by atoms with Gasteiger partial charge in [-0.1, -0.05) is 28.9 Å². The van der Waals surface area contributed by atoms with Crippen LogP contribution in [0.4, 0.5) is 10.1 Å². The molecule has 0 fully saturated rings. The van der Waals surface area contributed by atoms with Crippen molar-refractivity contribution >= 4 is 23.2 Å². The van der Waals surface area contributed by atoms with E-state index in [1.165, 1.54) is 30.3 Å². The van der Waals surface area contributed by atoms with Crippen molar-refractivity contribution in [3.05, 3.63) is 65.1 Å². The molecular formula is C16H10ClFN2O3. The predicted octanol–water partition coefficient (Wildman–Crippen LogP) is 4.09. The third kappa shape index (κ3) is 3.32. The normalized spacial score (nSPS) is 10.5. The van der Waals surface area contributed by atoms with E-state index in [2.05, 4.69) is 10.5 Å². The van der Waals surface area contributed by atoms with Crippen molar-refractivity contribution < 1.29 is 18.8 Å². The number of hydrogen-bond donors (Lipinski definition) is 2. The highest BCUT2D eigenvalue weighted by Crippen LogP contribution is 2.25. The summed E-state index contributed by atoms with van der Waals surface area (Å²) >= 11 is 5.77. The second kappa shape index (κ2) is 6.10. The van der Waals surface area contributed by atoms with E-state index in [0.29, 0.717) is 16.3 Å². The van der Waals surface area contributed by atoms with Crippen molar-refractivity contribution in [2.45, 2.75) is 0 Å². The van der Waals surface area contributed by atoms with Crippen molar-refractivity contribution in [1.82, 2.24) is 5.16 Å². The first-order valence-electron chi connectivity index (χ1n) is 6.55. The molecule has 0 aliphatic carbocycles. The molecule has 0 spiro atoms. The van der Waals surface area contributed by atoms with Gasteiger partial charge in [0.2, 0.25) is 0 Å². The minimum atomic E-state index is -0.638. The molecule has 2 N–H and O–H groups in total. The van der Waals surface area contributed by atoms with E-state index in [-0.39, 0.29) is 17.1 Å². The van der Waals surface area contributed by atoms with Gasteiger partial charge >= 0.3 is 0 Å². The molecule has 7 heteroatoms. The highest BCUT2D eigenvalue weighted by Gasteiger charge is 2.16. The maximum absolute atomic E-state index is 13.6. The van der Waals surface area contributed by atoms with Crippen LogP contribution in [0.3, 0.4) is 0 Å². The van der Waals surface area contributed by atoms with E-state index >= 15 is 0 Å². The maximum atomic E-state index is 13.6. The summed E-state index contributed by atoms with van der Waals surface area (Å²) in [5.41, 5.74) is 0.484. The fourth-order valence-corrected chi connectivity index (χ4v) is 2.13. The molecule has 3 aromatic rings. The van der Waals surface area contributed by atoms with E-state index in [1.54, 1.807) is 12.1 Å². The SMILES string of the molecule is O=C(Nc1cc(Cl)ccc1F)c1cc(-c2cccc(O)c2)on1. The highest BCUT2D eigenvalue weighted by molar-refractivity contribution is 6.31. The van der Waals surface area contributed by atoms with Crippen LogP contribution in [0.1, 0.15) is 10.5 Å². The molecule has 2 aromatic carbocycles. The molecule has 1 aromatic heterocycles. The van der Waals surface area contributed by atoms with Crippen LogP contribution in [0.2, 0.25) is 5.02 Å². The van der Waals surface area contributed by atoms with Crippen LogP contribution < -0.4 is 5.32 Å². The molecule has 1 heterocycles. The molecule has 0 radical (unpaired) electrons. The number of hydrogen-bond acceptors (Lipinski definition) is 4. The summed E-state index contributed by atoms with van der Waals surface area (Å²) < 4.78 is 18.7. The summed E-state index contributed by atoms with van der Waals surface area (Å²) in [5.74, 6) is -0.885. The minimum Gasteiger partial charge on any atom is -0.508 e. The molecule has 0 aliphatic heterocycles. The molecule has 23 heavy (non-hydrogen) atoms. The van der Waals surface area contributed by atoms with Crippen molar-refractivity contribution in [2.24, 2.45) is 0 Å². The van der Waals surface area contributed by atoms with Gasteiger partial charge in [0.15, 0.2) is 11.5 Å². The first-order chi connectivity index (χ1) is 11.0. The number of nitrogens with zero attached hydrogens (tertiary/aromatic N) is 1. The first kappa shape index (κ1) is 15.1. The standard InChI is InChI=1S/C16H10ClFN2O3/c17-10-4-5-12(18)13(7-10)19-16(22)14-8-15(23-20-14)9-2-1-3-11(21)6-9/h1-8,21H,(H,19,22). The number of amides is 1. The summed E-state index contributed by atoms with van der Waals surface area (Å²) in [7, 11) is 0. The number of rotatable bonds is 3. The molecule has 0 atom stereocenters. The molecule has 3 rings (SSSR count). The topological polar surface area (TPSA) is 75.4 Å². The monoisotopic (exact) mass is 332 g/mol. The van der Waals surface area contributed by atoms with E-state index < -0.39 is 11.7 Å². The Morgan fingerprint density at radius 1 is 1.22 bits per heavy atom. The Bertz CT molecular complexity index is 879. The number of carbonyl (C=O) groups excluding carboxylic acids is 1. The smallest absolute Gasteiger partial charge is 0.277 e. The molecule has 0 aliphatic rings. The van der Waals surface area contributed by atoms with Crippen LogP contribution in [-0.4, -0.2) is 16.2 Å². The van der Waals surface area contributed by atoms with Crippen molar-refractivity contribution in [3.8, 4) is 17.1 Å². The fraction of sp³-hybridized carbons (Fsp3) is 0. The van der Waals surface area contributed by atoms with Crippen LogP contribution in [0.15, 0.2) is 53.1 Å². The zero-order chi connectivity index (χ0) is 16.4. The molecule has 1 amide bonds. The Labute approximate surface area is 135 Å². The van der Waals surface area contributed by atoms with Gasteiger partial charge in [0.25, 0.3) is 5.91 Å². The first-order valence-corrected chi connectivity index (χ1v) is 6.93. The fourth-order valence-electron chi connectivity index (χ4n) is 1.96. The second-order valence-corrected chi connectivity index (χ2v) is 5.14. The Morgan fingerprint density at radius 2 is 2.04 bits per heavy atom. The van der Waals surface area contributed by atoms with Crippen LogP contribution in [0, 0.1) is 5.82 Å². The van der Waals surface area contributed by atoms with Crippen molar-refractivity contribution in [3.63, 3.8) is 0 Å². The number of nitrogens with one attached hydrogen (secondary N) is 1. The zero-order valence-electron chi connectivity index (χ0n) is 11.6. The third-order valence-corrected chi connectivity index (χ3v) is 3.29. The Morgan fingerprint density at radius 3 is 2.83 bits per heavy atom. The number of phenolic OH excluding ortho intramolecular Hbond substituents is 1. The number of halogens is 2. The molecule has 0 unspecified atom stereocenters. The summed E-state index contributed by atoms with van der Waals surface area (Å²) in [6, 6.07) is 11.5. The van der Waals surface area contributed by atoms with E-state index in [0.717, 1.165) is 6.07 Å². The van der Waals surface area contributed by atoms with Crippen LogP contribution in [0.25, 0.3) is 11.3 Å². The van der Waals surface area contributed by atoms with Gasteiger partial charge in [0.05, 0.1) is 5.69 Å². The van der Waals surface area contributed by atoms with Gasteiger partial charge in [0.1, 0.15) is 11.6 Å². The third-order valence-electron chi connectivity index (χ3n) is 3.05. The van der Waals surface area contributed by atoms with Crippen LogP contribution >= 0.6 is 11.6 Å². The Balaban J connectivity index is 1.82. The molecule has 0 saturated heterocycles. The average molecular weight is 333 g/mol.